The van der Waals surface area contributed by atoms with Crippen molar-refractivity contribution in [2.24, 2.45) is 0 Å². The van der Waals surface area contributed by atoms with Crippen molar-refractivity contribution in [2.75, 3.05) is 14.1 Å². The molecule has 0 amide bonds. The summed E-state index contributed by atoms with van der Waals surface area (Å²) in [5.74, 6) is 0. The molecule has 0 N–H and O–H groups in total. The van der Waals surface area contributed by atoms with Crippen molar-refractivity contribution in [2.45, 2.75) is 6.42 Å². The van der Waals surface area contributed by atoms with Gasteiger partial charge in [0.15, 0.2) is 6.29 Å². The van der Waals surface area contributed by atoms with Crippen LogP contribution in [0, 0.1) is 0 Å². The number of hydrogen-bond donors (Lipinski definition) is 0. The van der Waals surface area contributed by atoms with Gasteiger partial charge in [-0.2, -0.15) is 0 Å². The van der Waals surface area contributed by atoms with Gasteiger partial charge in [0.05, 0.1) is 0 Å². The first-order valence-electron chi connectivity index (χ1n) is 5.35. The van der Waals surface area contributed by atoms with Crippen molar-refractivity contribution in [3.05, 3.63) is 53.2 Å². The molecule has 0 saturated carbocycles. The fourth-order valence-corrected chi connectivity index (χ4v) is 2.04. The molecule has 0 fully saturated rings. The standard InChI is InChI=1S/C14H15NO/c1-15(2)14-9-5-8-13(14)12-7-4-3-6-11(12)10-16/h3-7,9-10H,8H2,1-2H3. The van der Waals surface area contributed by atoms with Crippen LogP contribution in [0.5, 0.6) is 0 Å². The summed E-state index contributed by atoms with van der Waals surface area (Å²) in [6.45, 7) is 0. The van der Waals surface area contributed by atoms with Gasteiger partial charge in [-0.1, -0.05) is 30.3 Å². The zero-order chi connectivity index (χ0) is 11.5. The minimum atomic E-state index is 0.764. The van der Waals surface area contributed by atoms with E-state index in [1.165, 1.54) is 11.3 Å². The molecule has 1 aliphatic carbocycles. The predicted octanol–water partition coefficient (Wildman–Crippen LogP) is 2.73. The smallest absolute Gasteiger partial charge is 0.150 e. The van der Waals surface area contributed by atoms with Crippen LogP contribution < -0.4 is 0 Å². The van der Waals surface area contributed by atoms with Crippen LogP contribution in [0.1, 0.15) is 22.3 Å². The molecule has 2 rings (SSSR count). The van der Waals surface area contributed by atoms with Crippen LogP contribution in [0.25, 0.3) is 5.57 Å². The summed E-state index contributed by atoms with van der Waals surface area (Å²) in [5.41, 5.74) is 4.23. The number of benzene rings is 1. The van der Waals surface area contributed by atoms with Gasteiger partial charge in [0.2, 0.25) is 0 Å². The average Bonchev–Trinajstić information content (AvgIpc) is 2.77. The molecule has 0 heterocycles. The number of hydrogen-bond acceptors (Lipinski definition) is 2. The van der Waals surface area contributed by atoms with Crippen LogP contribution in [0.15, 0.2) is 42.1 Å². The lowest BCUT2D eigenvalue weighted by Gasteiger charge is -2.16. The zero-order valence-corrected chi connectivity index (χ0v) is 9.60. The number of carbonyl (C=O) groups is 1. The van der Waals surface area contributed by atoms with Gasteiger partial charge in [0, 0.05) is 25.4 Å². The Hall–Kier alpha value is -1.83. The molecule has 0 aromatic heterocycles. The van der Waals surface area contributed by atoms with E-state index in [0.29, 0.717) is 0 Å². The van der Waals surface area contributed by atoms with Crippen LogP contribution >= 0.6 is 0 Å². The molecule has 82 valence electrons. The molecule has 2 nitrogen and oxygen atoms in total. The Morgan fingerprint density at radius 2 is 2.00 bits per heavy atom. The third-order valence-electron chi connectivity index (χ3n) is 2.80. The Morgan fingerprint density at radius 1 is 1.25 bits per heavy atom. The molecular weight excluding hydrogens is 198 g/mol. The molecule has 0 radical (unpaired) electrons. The largest absolute Gasteiger partial charge is 0.377 e. The van der Waals surface area contributed by atoms with Gasteiger partial charge in [-0.3, -0.25) is 4.79 Å². The van der Waals surface area contributed by atoms with Gasteiger partial charge in [-0.25, -0.2) is 0 Å². The summed E-state index contributed by atoms with van der Waals surface area (Å²) < 4.78 is 0. The maximum absolute atomic E-state index is 11.0. The molecule has 2 heteroatoms. The highest BCUT2D eigenvalue weighted by Crippen LogP contribution is 2.31. The first-order valence-corrected chi connectivity index (χ1v) is 5.35. The van der Waals surface area contributed by atoms with E-state index in [2.05, 4.69) is 17.1 Å². The highest BCUT2D eigenvalue weighted by molar-refractivity contribution is 5.88. The highest BCUT2D eigenvalue weighted by Gasteiger charge is 2.15. The SMILES string of the molecule is CN(C)C1=C(c2ccccc2C=O)CC=C1. The van der Waals surface area contributed by atoms with Gasteiger partial charge in [-0.05, 0) is 23.6 Å². The maximum atomic E-state index is 11.0. The average molecular weight is 213 g/mol. The first-order chi connectivity index (χ1) is 7.74. The first kappa shape index (κ1) is 10.7. The lowest BCUT2D eigenvalue weighted by Crippen LogP contribution is -2.10. The normalized spacial score (nSPS) is 14.4. The van der Waals surface area contributed by atoms with Gasteiger partial charge in [-0.15, -0.1) is 0 Å². The lowest BCUT2D eigenvalue weighted by atomic mass is 9.98. The second-order valence-corrected chi connectivity index (χ2v) is 4.07. The lowest BCUT2D eigenvalue weighted by molar-refractivity contribution is 0.112. The summed E-state index contributed by atoms with van der Waals surface area (Å²) in [5, 5.41) is 0. The number of aldehydes is 1. The summed E-state index contributed by atoms with van der Waals surface area (Å²) >= 11 is 0. The number of likely N-dealkylation sites (N-methyl/N-ethyl adjacent to an activating group) is 1. The van der Waals surface area contributed by atoms with Crippen LogP contribution in [0.2, 0.25) is 0 Å². The molecule has 1 aromatic rings. The van der Waals surface area contributed by atoms with E-state index in [0.717, 1.165) is 23.8 Å². The Morgan fingerprint density at radius 3 is 2.69 bits per heavy atom. The van der Waals surface area contributed by atoms with Crippen molar-refractivity contribution < 1.29 is 4.79 Å². The van der Waals surface area contributed by atoms with E-state index >= 15 is 0 Å². The molecule has 1 aromatic carbocycles. The second-order valence-electron chi connectivity index (χ2n) is 4.07. The minimum absolute atomic E-state index is 0.764. The second kappa shape index (κ2) is 4.35. The van der Waals surface area contributed by atoms with Gasteiger partial charge in [0.25, 0.3) is 0 Å². The van der Waals surface area contributed by atoms with Crippen molar-refractivity contribution in [1.82, 2.24) is 4.90 Å². The van der Waals surface area contributed by atoms with E-state index in [4.69, 9.17) is 0 Å². The molecule has 0 aliphatic heterocycles. The van der Waals surface area contributed by atoms with Crippen LogP contribution in [-0.2, 0) is 0 Å². The summed E-state index contributed by atoms with van der Waals surface area (Å²) in [6, 6.07) is 7.74. The molecular formula is C14H15NO. The maximum Gasteiger partial charge on any atom is 0.150 e. The molecule has 16 heavy (non-hydrogen) atoms. The van der Waals surface area contributed by atoms with Crippen molar-refractivity contribution in [1.29, 1.82) is 0 Å². The molecule has 0 bridgehead atoms. The third-order valence-corrected chi connectivity index (χ3v) is 2.80. The Bertz CT molecular complexity index is 469. The summed E-state index contributed by atoms with van der Waals surface area (Å²) in [4.78, 5) is 13.1. The fourth-order valence-electron chi connectivity index (χ4n) is 2.04. The van der Waals surface area contributed by atoms with Gasteiger partial charge >= 0.3 is 0 Å². The molecule has 0 spiro atoms. The predicted molar refractivity (Wildman–Crippen MR) is 66.2 cm³/mol. The monoisotopic (exact) mass is 213 g/mol. The Labute approximate surface area is 95.9 Å². The van der Waals surface area contributed by atoms with E-state index in [9.17, 15) is 4.79 Å². The van der Waals surface area contributed by atoms with Crippen molar-refractivity contribution in [3.8, 4) is 0 Å². The number of allylic oxidation sites excluding steroid dienone is 3. The molecule has 0 saturated heterocycles. The van der Waals surface area contributed by atoms with Gasteiger partial charge < -0.3 is 4.90 Å². The summed E-state index contributed by atoms with van der Waals surface area (Å²) in [7, 11) is 4.04. The van der Waals surface area contributed by atoms with Crippen molar-refractivity contribution >= 4 is 11.9 Å². The highest BCUT2D eigenvalue weighted by atomic mass is 16.1. The quantitative estimate of drug-likeness (QED) is 0.719. The van der Waals surface area contributed by atoms with Crippen LogP contribution in [0.3, 0.4) is 0 Å². The topological polar surface area (TPSA) is 20.3 Å². The Kier molecular flexibility index (Phi) is 2.91. The van der Waals surface area contributed by atoms with E-state index in [1.807, 2.05) is 38.4 Å². The van der Waals surface area contributed by atoms with Crippen LogP contribution in [0.4, 0.5) is 0 Å². The van der Waals surface area contributed by atoms with Gasteiger partial charge in [0.1, 0.15) is 0 Å². The third kappa shape index (κ3) is 1.78. The van der Waals surface area contributed by atoms with E-state index in [1.54, 1.807) is 0 Å². The molecule has 1 aliphatic rings. The number of rotatable bonds is 3. The zero-order valence-electron chi connectivity index (χ0n) is 9.60. The number of carbonyl (C=O) groups excluding carboxylic acids is 1. The fraction of sp³-hybridized carbons (Fsp3) is 0.214. The van der Waals surface area contributed by atoms with Crippen molar-refractivity contribution in [3.63, 3.8) is 0 Å². The minimum Gasteiger partial charge on any atom is -0.377 e. The Balaban J connectivity index is 2.52. The molecule has 0 unspecified atom stereocenters. The molecule has 0 atom stereocenters. The van der Waals surface area contributed by atoms with Crippen LogP contribution in [-0.4, -0.2) is 25.3 Å². The number of nitrogens with zero attached hydrogens (tertiary/aromatic N) is 1. The van der Waals surface area contributed by atoms with E-state index in [-0.39, 0.29) is 0 Å². The summed E-state index contributed by atoms with van der Waals surface area (Å²) in [6.07, 6.45) is 6.06. The van der Waals surface area contributed by atoms with E-state index < -0.39 is 0 Å².